The molecule has 0 amide bonds. The van der Waals surface area contributed by atoms with Gasteiger partial charge in [0.15, 0.2) is 0 Å². The molecular formula is C13H17NO4. The molecule has 0 saturated carbocycles. The average Bonchev–Trinajstić information content (AvgIpc) is 2.82. The lowest BCUT2D eigenvalue weighted by atomic mass is 10.1. The largest absolute Gasteiger partial charge is 0.508 e. The minimum absolute atomic E-state index is 0.0673. The first kappa shape index (κ1) is 12.9. The third-order valence-corrected chi connectivity index (χ3v) is 3.02. The lowest BCUT2D eigenvalue weighted by molar-refractivity contribution is -0.139. The molecule has 1 aromatic rings. The van der Waals surface area contributed by atoms with Crippen molar-refractivity contribution in [2.24, 2.45) is 0 Å². The van der Waals surface area contributed by atoms with Crippen molar-refractivity contribution in [3.8, 4) is 5.75 Å². The summed E-state index contributed by atoms with van der Waals surface area (Å²) in [5.41, 5.74) is 0.542. The summed E-state index contributed by atoms with van der Waals surface area (Å²) in [6.07, 6.45) is 2.07. The predicted octanol–water partition coefficient (Wildman–Crippen LogP) is 1.29. The van der Waals surface area contributed by atoms with Crippen LogP contribution in [0.2, 0.25) is 0 Å². The van der Waals surface area contributed by atoms with Crippen molar-refractivity contribution in [1.29, 1.82) is 0 Å². The van der Waals surface area contributed by atoms with E-state index in [9.17, 15) is 15.0 Å². The van der Waals surface area contributed by atoms with E-state index in [-0.39, 0.29) is 11.9 Å². The number of rotatable bonds is 5. The minimum Gasteiger partial charge on any atom is -0.508 e. The highest BCUT2D eigenvalue weighted by Crippen LogP contribution is 2.19. The SMILES string of the molecule is O=C(O)C(NCC1CCCO1)c1cccc(O)c1. The number of carboxylic acid groups (broad SMARTS) is 1. The molecule has 5 nitrogen and oxygen atoms in total. The molecule has 18 heavy (non-hydrogen) atoms. The summed E-state index contributed by atoms with van der Waals surface area (Å²) in [4.78, 5) is 11.2. The van der Waals surface area contributed by atoms with E-state index < -0.39 is 12.0 Å². The van der Waals surface area contributed by atoms with E-state index in [0.717, 1.165) is 19.4 Å². The van der Waals surface area contributed by atoms with E-state index in [1.807, 2.05) is 0 Å². The number of benzene rings is 1. The van der Waals surface area contributed by atoms with Crippen molar-refractivity contribution in [2.75, 3.05) is 13.2 Å². The molecule has 2 rings (SSSR count). The molecule has 2 unspecified atom stereocenters. The third kappa shape index (κ3) is 3.21. The Kier molecular flexibility index (Phi) is 4.17. The van der Waals surface area contributed by atoms with Crippen LogP contribution in [0.3, 0.4) is 0 Å². The molecular weight excluding hydrogens is 234 g/mol. The summed E-state index contributed by atoms with van der Waals surface area (Å²) >= 11 is 0. The Bertz CT molecular complexity index is 415. The first-order chi connectivity index (χ1) is 8.66. The summed E-state index contributed by atoms with van der Waals surface area (Å²) in [5.74, 6) is -0.892. The monoisotopic (exact) mass is 251 g/mol. The number of carboxylic acids is 1. The Balaban J connectivity index is 2.01. The molecule has 1 fully saturated rings. The molecule has 0 radical (unpaired) electrons. The van der Waals surface area contributed by atoms with Gasteiger partial charge in [0.1, 0.15) is 11.8 Å². The molecule has 0 aliphatic carbocycles. The van der Waals surface area contributed by atoms with E-state index in [1.54, 1.807) is 12.1 Å². The fourth-order valence-electron chi connectivity index (χ4n) is 2.11. The molecule has 1 heterocycles. The van der Waals surface area contributed by atoms with Crippen LogP contribution in [-0.2, 0) is 9.53 Å². The van der Waals surface area contributed by atoms with Gasteiger partial charge in [-0.2, -0.15) is 0 Å². The second kappa shape index (κ2) is 5.84. The molecule has 1 aliphatic rings. The van der Waals surface area contributed by atoms with Crippen molar-refractivity contribution in [3.05, 3.63) is 29.8 Å². The average molecular weight is 251 g/mol. The number of aromatic hydroxyl groups is 1. The summed E-state index contributed by atoms with van der Waals surface area (Å²) in [6.45, 7) is 1.25. The second-order valence-electron chi connectivity index (χ2n) is 4.41. The normalized spacial score (nSPS) is 20.8. The van der Waals surface area contributed by atoms with Crippen LogP contribution in [0.1, 0.15) is 24.4 Å². The van der Waals surface area contributed by atoms with Crippen LogP contribution in [0.4, 0.5) is 0 Å². The van der Waals surface area contributed by atoms with Gasteiger partial charge in [0.25, 0.3) is 0 Å². The first-order valence-corrected chi connectivity index (χ1v) is 6.03. The number of hydrogen-bond acceptors (Lipinski definition) is 4. The van der Waals surface area contributed by atoms with Crippen LogP contribution in [0, 0.1) is 0 Å². The van der Waals surface area contributed by atoms with Gasteiger partial charge in [-0.15, -0.1) is 0 Å². The van der Waals surface area contributed by atoms with Crippen molar-refractivity contribution < 1.29 is 19.7 Å². The summed E-state index contributed by atoms with van der Waals surface area (Å²) in [5, 5.41) is 21.6. The number of ether oxygens (including phenoxy) is 1. The Labute approximate surface area is 105 Å². The molecule has 98 valence electrons. The Morgan fingerprint density at radius 1 is 1.56 bits per heavy atom. The highest BCUT2D eigenvalue weighted by atomic mass is 16.5. The van der Waals surface area contributed by atoms with Gasteiger partial charge in [0.05, 0.1) is 6.10 Å². The molecule has 2 atom stereocenters. The van der Waals surface area contributed by atoms with Crippen LogP contribution >= 0.6 is 0 Å². The van der Waals surface area contributed by atoms with Crippen LogP contribution in [-0.4, -0.2) is 35.4 Å². The Morgan fingerprint density at radius 3 is 3.00 bits per heavy atom. The van der Waals surface area contributed by atoms with E-state index in [4.69, 9.17) is 4.74 Å². The Hall–Kier alpha value is -1.59. The maximum Gasteiger partial charge on any atom is 0.325 e. The number of phenolic OH excluding ortho intramolecular Hbond substituents is 1. The first-order valence-electron chi connectivity index (χ1n) is 6.03. The summed E-state index contributed by atoms with van der Waals surface area (Å²) in [6, 6.07) is 5.47. The van der Waals surface area contributed by atoms with Gasteiger partial charge in [-0.25, -0.2) is 0 Å². The molecule has 1 aromatic carbocycles. The van der Waals surface area contributed by atoms with E-state index in [0.29, 0.717) is 12.1 Å². The van der Waals surface area contributed by atoms with Crippen LogP contribution in [0.15, 0.2) is 24.3 Å². The van der Waals surface area contributed by atoms with E-state index >= 15 is 0 Å². The number of carbonyl (C=O) groups is 1. The number of phenols is 1. The van der Waals surface area contributed by atoms with Crippen LogP contribution in [0.5, 0.6) is 5.75 Å². The standard InChI is InChI=1S/C13H17NO4/c15-10-4-1-3-9(7-10)12(13(16)17)14-8-11-5-2-6-18-11/h1,3-4,7,11-12,14-15H,2,5-6,8H2,(H,16,17). The zero-order chi connectivity index (χ0) is 13.0. The molecule has 3 N–H and O–H groups in total. The molecule has 1 aliphatic heterocycles. The highest BCUT2D eigenvalue weighted by molar-refractivity contribution is 5.75. The van der Waals surface area contributed by atoms with Gasteiger partial charge >= 0.3 is 5.97 Å². The molecule has 0 bridgehead atoms. The van der Waals surface area contributed by atoms with E-state index in [1.165, 1.54) is 12.1 Å². The summed E-state index contributed by atoms with van der Waals surface area (Å²) < 4.78 is 5.44. The topological polar surface area (TPSA) is 78.8 Å². The number of aliphatic carboxylic acids is 1. The minimum atomic E-state index is -0.960. The fourth-order valence-corrected chi connectivity index (χ4v) is 2.11. The van der Waals surface area contributed by atoms with Crippen LogP contribution < -0.4 is 5.32 Å². The molecule has 0 aromatic heterocycles. The maximum atomic E-state index is 11.2. The van der Waals surface area contributed by atoms with Gasteiger partial charge in [0, 0.05) is 13.2 Å². The van der Waals surface area contributed by atoms with E-state index in [2.05, 4.69) is 5.32 Å². The lowest BCUT2D eigenvalue weighted by Gasteiger charge is -2.17. The third-order valence-electron chi connectivity index (χ3n) is 3.02. The van der Waals surface area contributed by atoms with Gasteiger partial charge in [0.2, 0.25) is 0 Å². The Morgan fingerprint density at radius 2 is 2.39 bits per heavy atom. The summed E-state index contributed by atoms with van der Waals surface area (Å²) in [7, 11) is 0. The fraction of sp³-hybridized carbons (Fsp3) is 0.462. The zero-order valence-corrected chi connectivity index (χ0v) is 10.0. The van der Waals surface area contributed by atoms with Gasteiger partial charge < -0.3 is 14.9 Å². The predicted molar refractivity (Wildman–Crippen MR) is 65.5 cm³/mol. The molecule has 5 heteroatoms. The van der Waals surface area contributed by atoms with Crippen molar-refractivity contribution in [3.63, 3.8) is 0 Å². The second-order valence-corrected chi connectivity index (χ2v) is 4.41. The molecule has 1 saturated heterocycles. The van der Waals surface area contributed by atoms with Gasteiger partial charge in [-0.3, -0.25) is 10.1 Å². The highest BCUT2D eigenvalue weighted by Gasteiger charge is 2.22. The van der Waals surface area contributed by atoms with Crippen molar-refractivity contribution in [1.82, 2.24) is 5.32 Å². The smallest absolute Gasteiger partial charge is 0.325 e. The number of hydrogen-bond donors (Lipinski definition) is 3. The quantitative estimate of drug-likeness (QED) is 0.735. The van der Waals surface area contributed by atoms with Crippen molar-refractivity contribution in [2.45, 2.75) is 25.0 Å². The lowest BCUT2D eigenvalue weighted by Crippen LogP contribution is -2.34. The number of nitrogens with one attached hydrogen (secondary N) is 1. The zero-order valence-electron chi connectivity index (χ0n) is 10.0. The van der Waals surface area contributed by atoms with Gasteiger partial charge in [-0.1, -0.05) is 12.1 Å². The van der Waals surface area contributed by atoms with Crippen molar-refractivity contribution >= 4 is 5.97 Å². The van der Waals surface area contributed by atoms with Crippen LogP contribution in [0.25, 0.3) is 0 Å². The van der Waals surface area contributed by atoms with Gasteiger partial charge in [-0.05, 0) is 30.5 Å². The maximum absolute atomic E-state index is 11.2. The molecule has 0 spiro atoms.